The zero-order chi connectivity index (χ0) is 12.7. The summed E-state index contributed by atoms with van der Waals surface area (Å²) in [6.07, 6.45) is -0.595. The Morgan fingerprint density at radius 2 is 2.06 bits per heavy atom. The number of hydrogen-bond donors (Lipinski definition) is 2. The minimum absolute atomic E-state index is 0.211. The predicted octanol–water partition coefficient (Wildman–Crippen LogP) is 1.43. The third kappa shape index (κ3) is 4.28. The normalized spacial score (nSPS) is 9.29. The first-order valence-corrected chi connectivity index (χ1v) is 5.33. The van der Waals surface area contributed by atoms with Gasteiger partial charge in [0.15, 0.2) is 5.11 Å². The van der Waals surface area contributed by atoms with Gasteiger partial charge >= 0.3 is 6.09 Å². The molecule has 92 valence electrons. The summed E-state index contributed by atoms with van der Waals surface area (Å²) in [6.45, 7) is 0.465. The molecule has 1 aromatic carbocycles. The summed E-state index contributed by atoms with van der Waals surface area (Å²) in [4.78, 5) is 10.9. The minimum atomic E-state index is -0.595. The number of alkyl carbamates (subject to hydrolysis) is 1. The zero-order valence-corrected chi connectivity index (χ0v) is 10.5. The fourth-order valence-electron chi connectivity index (χ4n) is 1.21. The minimum Gasteiger partial charge on any atom is -0.496 e. The molecule has 0 saturated carbocycles. The maximum Gasteiger partial charge on any atom is 0.413 e. The van der Waals surface area contributed by atoms with Gasteiger partial charge in [-0.25, -0.2) is 4.79 Å². The van der Waals surface area contributed by atoms with Gasteiger partial charge in [-0.2, -0.15) is 0 Å². The quantitative estimate of drug-likeness (QED) is 0.799. The molecule has 0 unspecified atom stereocenters. The molecule has 1 rings (SSSR count). The summed E-state index contributed by atoms with van der Waals surface area (Å²) < 4.78 is 9.60. The lowest BCUT2D eigenvalue weighted by Crippen LogP contribution is -2.38. The lowest BCUT2D eigenvalue weighted by molar-refractivity contribution is 0.176. The largest absolute Gasteiger partial charge is 0.496 e. The van der Waals surface area contributed by atoms with Crippen molar-refractivity contribution < 1.29 is 14.3 Å². The molecular weight excluding hydrogens is 240 g/mol. The standard InChI is InChI=1S/C11H14N2O3S/c1-15-9-6-4-3-5-8(9)7-12-10(17)13-11(14)16-2/h3-6H,7H2,1-2H3,(H2,12,13,14,17). The van der Waals surface area contributed by atoms with Crippen molar-refractivity contribution in [2.45, 2.75) is 6.54 Å². The average Bonchev–Trinajstić information content (AvgIpc) is 2.36. The van der Waals surface area contributed by atoms with E-state index in [1.165, 1.54) is 7.11 Å². The number of carbonyl (C=O) groups excluding carboxylic acids is 1. The Morgan fingerprint density at radius 1 is 1.35 bits per heavy atom. The van der Waals surface area contributed by atoms with Crippen LogP contribution in [-0.4, -0.2) is 25.4 Å². The molecule has 17 heavy (non-hydrogen) atoms. The van der Waals surface area contributed by atoms with Crippen LogP contribution < -0.4 is 15.4 Å². The molecule has 0 aliphatic heterocycles. The highest BCUT2D eigenvalue weighted by atomic mass is 32.1. The maximum absolute atomic E-state index is 10.9. The van der Waals surface area contributed by atoms with Crippen LogP contribution in [0.5, 0.6) is 5.75 Å². The topological polar surface area (TPSA) is 59.6 Å². The van der Waals surface area contributed by atoms with Crippen LogP contribution in [0.4, 0.5) is 4.79 Å². The Balaban J connectivity index is 2.50. The Labute approximate surface area is 105 Å². The SMILES string of the molecule is COC(=O)NC(=S)NCc1ccccc1OC. The van der Waals surface area contributed by atoms with Crippen molar-refractivity contribution >= 4 is 23.4 Å². The molecule has 5 nitrogen and oxygen atoms in total. The van der Waals surface area contributed by atoms with Crippen molar-refractivity contribution in [2.24, 2.45) is 0 Å². The van der Waals surface area contributed by atoms with Crippen LogP contribution in [0.25, 0.3) is 0 Å². The molecule has 0 heterocycles. The van der Waals surface area contributed by atoms with Crippen LogP contribution in [0.2, 0.25) is 0 Å². The number of rotatable bonds is 3. The molecule has 0 atom stereocenters. The van der Waals surface area contributed by atoms with E-state index >= 15 is 0 Å². The van der Waals surface area contributed by atoms with Crippen molar-refractivity contribution in [3.8, 4) is 5.75 Å². The van der Waals surface area contributed by atoms with Crippen molar-refractivity contribution in [2.75, 3.05) is 14.2 Å². The molecule has 1 amide bonds. The molecule has 2 N–H and O–H groups in total. The molecular formula is C11H14N2O3S. The number of carbonyl (C=O) groups is 1. The van der Waals surface area contributed by atoms with Gasteiger partial charge in [-0.15, -0.1) is 0 Å². The summed E-state index contributed by atoms with van der Waals surface area (Å²) in [5, 5.41) is 5.44. The van der Waals surface area contributed by atoms with Gasteiger partial charge in [0.25, 0.3) is 0 Å². The Hall–Kier alpha value is -1.82. The maximum atomic E-state index is 10.9. The van der Waals surface area contributed by atoms with E-state index in [1.807, 2.05) is 24.3 Å². The van der Waals surface area contributed by atoms with E-state index in [9.17, 15) is 4.79 Å². The Kier molecular flexibility index (Phi) is 5.22. The van der Waals surface area contributed by atoms with Crippen LogP contribution in [0.1, 0.15) is 5.56 Å². The Morgan fingerprint density at radius 3 is 2.71 bits per heavy atom. The van der Waals surface area contributed by atoms with E-state index in [0.29, 0.717) is 6.54 Å². The summed E-state index contributed by atoms with van der Waals surface area (Å²) in [6, 6.07) is 7.55. The molecule has 0 aliphatic rings. The fraction of sp³-hybridized carbons (Fsp3) is 0.273. The first-order valence-electron chi connectivity index (χ1n) is 4.92. The highest BCUT2D eigenvalue weighted by Crippen LogP contribution is 2.16. The van der Waals surface area contributed by atoms with E-state index in [1.54, 1.807) is 7.11 Å². The van der Waals surface area contributed by atoms with Gasteiger partial charge in [0.1, 0.15) is 5.75 Å². The number of ether oxygens (including phenoxy) is 2. The molecule has 0 fully saturated rings. The number of para-hydroxylation sites is 1. The summed E-state index contributed by atoms with van der Waals surface area (Å²) >= 11 is 4.91. The summed E-state index contributed by atoms with van der Waals surface area (Å²) in [7, 11) is 2.88. The second-order valence-electron chi connectivity index (χ2n) is 3.11. The van der Waals surface area contributed by atoms with Gasteiger partial charge in [0.05, 0.1) is 14.2 Å². The highest BCUT2D eigenvalue weighted by molar-refractivity contribution is 7.80. The van der Waals surface area contributed by atoms with Gasteiger partial charge in [-0.3, -0.25) is 5.32 Å². The second-order valence-corrected chi connectivity index (χ2v) is 3.52. The van der Waals surface area contributed by atoms with Crippen LogP contribution >= 0.6 is 12.2 Å². The van der Waals surface area contributed by atoms with E-state index in [-0.39, 0.29) is 5.11 Å². The van der Waals surface area contributed by atoms with Gasteiger partial charge in [0.2, 0.25) is 0 Å². The molecule has 0 spiro atoms. The molecule has 0 saturated heterocycles. The predicted molar refractivity (Wildman–Crippen MR) is 68.0 cm³/mol. The van der Waals surface area contributed by atoms with Gasteiger partial charge in [0, 0.05) is 12.1 Å². The zero-order valence-electron chi connectivity index (χ0n) is 9.65. The number of thiocarbonyl (C=S) groups is 1. The molecule has 0 aromatic heterocycles. The van der Waals surface area contributed by atoms with Crippen molar-refractivity contribution in [1.29, 1.82) is 0 Å². The lowest BCUT2D eigenvalue weighted by Gasteiger charge is -2.11. The summed E-state index contributed by atoms with van der Waals surface area (Å²) in [5.74, 6) is 0.765. The first kappa shape index (κ1) is 13.2. The van der Waals surface area contributed by atoms with Crippen molar-refractivity contribution in [3.63, 3.8) is 0 Å². The van der Waals surface area contributed by atoms with Gasteiger partial charge in [-0.1, -0.05) is 18.2 Å². The van der Waals surface area contributed by atoms with Crippen molar-refractivity contribution in [3.05, 3.63) is 29.8 Å². The van der Waals surface area contributed by atoms with Crippen molar-refractivity contribution in [1.82, 2.24) is 10.6 Å². The van der Waals surface area contributed by atoms with E-state index in [2.05, 4.69) is 15.4 Å². The second kappa shape index (κ2) is 6.70. The lowest BCUT2D eigenvalue weighted by atomic mass is 10.2. The number of amides is 1. The number of hydrogen-bond acceptors (Lipinski definition) is 4. The third-order valence-corrected chi connectivity index (χ3v) is 2.28. The van der Waals surface area contributed by atoms with E-state index in [0.717, 1.165) is 11.3 Å². The smallest absolute Gasteiger partial charge is 0.413 e. The van der Waals surface area contributed by atoms with Crippen LogP contribution in [0.3, 0.4) is 0 Å². The molecule has 6 heteroatoms. The average molecular weight is 254 g/mol. The van der Waals surface area contributed by atoms with E-state index < -0.39 is 6.09 Å². The Bertz CT molecular complexity index is 409. The first-order chi connectivity index (χ1) is 8.17. The third-order valence-electron chi connectivity index (χ3n) is 2.03. The monoisotopic (exact) mass is 254 g/mol. The molecule has 0 aliphatic carbocycles. The highest BCUT2D eigenvalue weighted by Gasteiger charge is 2.05. The summed E-state index contributed by atoms with van der Waals surface area (Å²) in [5.41, 5.74) is 0.948. The van der Waals surface area contributed by atoms with Crippen LogP contribution in [-0.2, 0) is 11.3 Å². The van der Waals surface area contributed by atoms with Crippen LogP contribution in [0, 0.1) is 0 Å². The van der Waals surface area contributed by atoms with Gasteiger partial charge in [-0.05, 0) is 18.3 Å². The fourth-order valence-corrected chi connectivity index (χ4v) is 1.37. The van der Waals surface area contributed by atoms with Crippen LogP contribution in [0.15, 0.2) is 24.3 Å². The molecule has 1 aromatic rings. The molecule has 0 bridgehead atoms. The number of methoxy groups -OCH3 is 2. The molecule has 0 radical (unpaired) electrons. The number of benzene rings is 1. The number of nitrogens with one attached hydrogen (secondary N) is 2. The van der Waals surface area contributed by atoms with E-state index in [4.69, 9.17) is 17.0 Å². The van der Waals surface area contributed by atoms with Gasteiger partial charge < -0.3 is 14.8 Å².